The molecular formula is C18H15NO3. The van der Waals surface area contributed by atoms with Gasteiger partial charge in [0.05, 0.1) is 6.61 Å². The molecule has 0 unspecified atom stereocenters. The Hall–Kier alpha value is -3.06. The van der Waals surface area contributed by atoms with Gasteiger partial charge in [-0.05, 0) is 41.8 Å². The highest BCUT2D eigenvalue weighted by atomic mass is 16.5. The van der Waals surface area contributed by atoms with Crippen LogP contribution in [0.3, 0.4) is 0 Å². The molecule has 0 saturated carbocycles. The van der Waals surface area contributed by atoms with Gasteiger partial charge in [-0.3, -0.25) is 0 Å². The smallest absolute Gasteiger partial charge is 0.346 e. The number of carbonyl (C=O) groups is 1. The predicted octanol–water partition coefficient (Wildman–Crippen LogP) is 3.74. The van der Waals surface area contributed by atoms with Gasteiger partial charge < -0.3 is 9.84 Å². The number of carboxylic acids is 1. The molecule has 0 aromatic heterocycles. The molecule has 0 fully saturated rings. The first-order valence-corrected chi connectivity index (χ1v) is 6.82. The van der Waals surface area contributed by atoms with E-state index in [1.54, 1.807) is 18.2 Å². The minimum absolute atomic E-state index is 0.284. The van der Waals surface area contributed by atoms with Gasteiger partial charge in [-0.2, -0.15) is 5.26 Å². The molecule has 2 aromatic rings. The van der Waals surface area contributed by atoms with Crippen molar-refractivity contribution in [1.29, 1.82) is 5.26 Å². The summed E-state index contributed by atoms with van der Waals surface area (Å²) < 4.78 is 5.40. The number of hydrogen-bond donors (Lipinski definition) is 1. The maximum Gasteiger partial charge on any atom is 0.346 e. The van der Waals surface area contributed by atoms with Crippen molar-refractivity contribution >= 4 is 12.0 Å². The van der Waals surface area contributed by atoms with Crippen LogP contribution in [-0.4, -0.2) is 17.7 Å². The van der Waals surface area contributed by atoms with Crippen molar-refractivity contribution in [1.82, 2.24) is 0 Å². The van der Waals surface area contributed by atoms with E-state index in [2.05, 4.69) is 0 Å². The van der Waals surface area contributed by atoms with E-state index in [1.807, 2.05) is 43.3 Å². The van der Waals surface area contributed by atoms with Crippen molar-refractivity contribution in [2.75, 3.05) is 6.61 Å². The van der Waals surface area contributed by atoms with Crippen LogP contribution in [0.4, 0.5) is 0 Å². The van der Waals surface area contributed by atoms with Crippen molar-refractivity contribution in [2.45, 2.75) is 6.92 Å². The zero-order valence-corrected chi connectivity index (χ0v) is 12.1. The van der Waals surface area contributed by atoms with Gasteiger partial charge in [0.25, 0.3) is 0 Å². The zero-order valence-electron chi connectivity index (χ0n) is 12.1. The molecule has 4 nitrogen and oxygen atoms in total. The molecule has 0 aliphatic carbocycles. The Morgan fingerprint density at radius 1 is 1.14 bits per heavy atom. The van der Waals surface area contributed by atoms with Gasteiger partial charge >= 0.3 is 5.97 Å². The number of rotatable bonds is 5. The number of benzene rings is 2. The van der Waals surface area contributed by atoms with Crippen molar-refractivity contribution in [3.05, 3.63) is 59.7 Å². The van der Waals surface area contributed by atoms with Gasteiger partial charge in [-0.1, -0.05) is 36.4 Å². The van der Waals surface area contributed by atoms with Crippen LogP contribution in [0.1, 0.15) is 12.5 Å². The summed E-state index contributed by atoms with van der Waals surface area (Å²) in [6, 6.07) is 16.8. The molecule has 0 atom stereocenters. The molecule has 0 heterocycles. The zero-order chi connectivity index (χ0) is 15.9. The van der Waals surface area contributed by atoms with Gasteiger partial charge in [0, 0.05) is 0 Å². The highest BCUT2D eigenvalue weighted by molar-refractivity contribution is 5.96. The number of carboxylic acid groups (broad SMARTS) is 1. The lowest BCUT2D eigenvalue weighted by Crippen LogP contribution is -1.97. The fourth-order valence-electron chi connectivity index (χ4n) is 1.99. The fraction of sp³-hybridized carbons (Fsp3) is 0.111. The fourth-order valence-corrected chi connectivity index (χ4v) is 1.99. The Labute approximate surface area is 128 Å². The topological polar surface area (TPSA) is 70.3 Å². The third-order valence-electron chi connectivity index (χ3n) is 3.07. The van der Waals surface area contributed by atoms with E-state index in [1.165, 1.54) is 6.08 Å². The lowest BCUT2D eigenvalue weighted by Gasteiger charge is -2.05. The maximum atomic E-state index is 10.8. The second-order valence-electron chi connectivity index (χ2n) is 4.55. The molecule has 2 rings (SSSR count). The molecule has 0 aliphatic rings. The van der Waals surface area contributed by atoms with E-state index in [9.17, 15) is 4.79 Å². The molecule has 0 aliphatic heterocycles. The second-order valence-corrected chi connectivity index (χ2v) is 4.55. The van der Waals surface area contributed by atoms with Gasteiger partial charge in [-0.15, -0.1) is 0 Å². The summed E-state index contributed by atoms with van der Waals surface area (Å²) in [6.45, 7) is 2.57. The highest BCUT2D eigenvalue weighted by Crippen LogP contribution is 2.23. The summed E-state index contributed by atoms with van der Waals surface area (Å²) >= 11 is 0. The van der Waals surface area contributed by atoms with Crippen LogP contribution in [0.2, 0.25) is 0 Å². The third-order valence-corrected chi connectivity index (χ3v) is 3.07. The Balaban J connectivity index is 2.22. The van der Waals surface area contributed by atoms with Crippen LogP contribution in [0, 0.1) is 11.3 Å². The molecule has 2 aromatic carbocycles. The quantitative estimate of drug-likeness (QED) is 0.673. The van der Waals surface area contributed by atoms with Gasteiger partial charge in [0.15, 0.2) is 0 Å². The first kappa shape index (κ1) is 15.3. The van der Waals surface area contributed by atoms with E-state index in [-0.39, 0.29) is 5.57 Å². The third kappa shape index (κ3) is 3.74. The normalized spacial score (nSPS) is 10.8. The summed E-state index contributed by atoms with van der Waals surface area (Å²) in [5.74, 6) is -0.399. The Morgan fingerprint density at radius 2 is 1.68 bits per heavy atom. The summed E-state index contributed by atoms with van der Waals surface area (Å²) in [5.41, 5.74) is 2.44. The van der Waals surface area contributed by atoms with Gasteiger partial charge in [-0.25, -0.2) is 4.79 Å². The van der Waals surface area contributed by atoms with Crippen LogP contribution >= 0.6 is 0 Å². The van der Waals surface area contributed by atoms with Crippen LogP contribution in [0.5, 0.6) is 5.75 Å². The van der Waals surface area contributed by atoms with Crippen LogP contribution < -0.4 is 4.74 Å². The molecule has 4 heteroatoms. The number of nitriles is 1. The predicted molar refractivity (Wildman–Crippen MR) is 84.3 cm³/mol. The average Bonchev–Trinajstić information content (AvgIpc) is 2.54. The molecule has 0 radical (unpaired) electrons. The van der Waals surface area contributed by atoms with Crippen molar-refractivity contribution in [2.24, 2.45) is 0 Å². The van der Waals surface area contributed by atoms with Crippen molar-refractivity contribution in [3.8, 4) is 22.9 Å². The number of ether oxygens (including phenoxy) is 1. The summed E-state index contributed by atoms with van der Waals surface area (Å²) in [5, 5.41) is 17.6. The van der Waals surface area contributed by atoms with E-state index in [4.69, 9.17) is 15.1 Å². The van der Waals surface area contributed by atoms with Gasteiger partial charge in [0.2, 0.25) is 0 Å². The molecule has 0 bridgehead atoms. The summed E-state index contributed by atoms with van der Waals surface area (Å²) in [4.78, 5) is 10.8. The standard InChI is InChI=1S/C18H15NO3/c1-2-22-17-9-7-15(8-10-17)14-5-3-13(4-6-14)11-16(12-19)18(20)21/h3-11H,2H2,1H3,(H,20,21). The van der Waals surface area contributed by atoms with Crippen molar-refractivity contribution in [3.63, 3.8) is 0 Å². The number of nitrogens with zero attached hydrogens (tertiary/aromatic N) is 1. The number of aliphatic carboxylic acids is 1. The van der Waals surface area contributed by atoms with Gasteiger partial charge in [0.1, 0.15) is 17.4 Å². The first-order chi connectivity index (χ1) is 10.6. The highest BCUT2D eigenvalue weighted by Gasteiger charge is 2.05. The lowest BCUT2D eigenvalue weighted by atomic mass is 10.0. The van der Waals surface area contributed by atoms with Crippen molar-refractivity contribution < 1.29 is 14.6 Å². The van der Waals surface area contributed by atoms with Crippen LogP contribution in [0.15, 0.2) is 54.1 Å². The van der Waals surface area contributed by atoms with Crippen LogP contribution in [0.25, 0.3) is 17.2 Å². The minimum atomic E-state index is -1.22. The minimum Gasteiger partial charge on any atom is -0.494 e. The van der Waals surface area contributed by atoms with E-state index >= 15 is 0 Å². The Morgan fingerprint density at radius 3 is 2.14 bits per heavy atom. The molecule has 110 valence electrons. The maximum absolute atomic E-state index is 10.8. The number of hydrogen-bond acceptors (Lipinski definition) is 3. The summed E-state index contributed by atoms with van der Waals surface area (Å²) in [7, 11) is 0. The van der Waals surface area contributed by atoms with E-state index < -0.39 is 5.97 Å². The SMILES string of the molecule is CCOc1ccc(-c2ccc(C=C(C#N)C(=O)O)cc2)cc1. The second kappa shape index (κ2) is 7.09. The molecular weight excluding hydrogens is 278 g/mol. The molecule has 0 saturated heterocycles. The Kier molecular flexibility index (Phi) is 4.94. The molecule has 0 amide bonds. The summed E-state index contributed by atoms with van der Waals surface area (Å²) in [6.07, 6.45) is 1.35. The molecule has 0 spiro atoms. The average molecular weight is 293 g/mol. The molecule has 22 heavy (non-hydrogen) atoms. The van der Waals surface area contributed by atoms with E-state index in [0.29, 0.717) is 12.2 Å². The largest absolute Gasteiger partial charge is 0.494 e. The van der Waals surface area contributed by atoms with E-state index in [0.717, 1.165) is 16.9 Å². The monoisotopic (exact) mass is 293 g/mol. The Bertz CT molecular complexity index is 722. The van der Waals surface area contributed by atoms with Crippen LogP contribution in [-0.2, 0) is 4.79 Å². The lowest BCUT2D eigenvalue weighted by molar-refractivity contribution is -0.132. The first-order valence-electron chi connectivity index (χ1n) is 6.82. The molecule has 1 N–H and O–H groups in total.